The molecule has 0 aliphatic rings. The monoisotopic (exact) mass is 346 g/mol. The van der Waals surface area contributed by atoms with E-state index in [2.05, 4.69) is 5.32 Å². The quantitative estimate of drug-likeness (QED) is 0.715. The van der Waals surface area contributed by atoms with Gasteiger partial charge < -0.3 is 5.32 Å². The summed E-state index contributed by atoms with van der Waals surface area (Å²) < 4.78 is 0. The minimum Gasteiger partial charge on any atom is -0.347 e. The lowest BCUT2D eigenvalue weighted by atomic mass is 10.1. The van der Waals surface area contributed by atoms with Crippen LogP contribution in [0.2, 0.25) is 0 Å². The first-order chi connectivity index (χ1) is 12.2. The van der Waals surface area contributed by atoms with Gasteiger partial charge in [-0.3, -0.25) is 9.59 Å². The summed E-state index contributed by atoms with van der Waals surface area (Å²) in [5.74, 6) is -0.232. The Labute approximate surface area is 149 Å². The maximum atomic E-state index is 12.4. The van der Waals surface area contributed by atoms with E-state index in [0.29, 0.717) is 28.1 Å². The van der Waals surface area contributed by atoms with Crippen molar-refractivity contribution in [2.24, 2.45) is 0 Å². The molecule has 3 aromatic rings. The average molecular weight is 346 g/mol. The molecular weight excluding hydrogens is 332 g/mol. The first-order valence-electron chi connectivity index (χ1n) is 7.64. The number of amides is 1. The standard InChI is InChI=1S/C20H14N2O2S/c21-12-14-6-8-16(9-7-14)20(24)22-13-17-10-11-18(25-17)19(23)15-4-2-1-3-5-15/h1-11H,13H2,(H,22,24). The van der Waals surface area contributed by atoms with Gasteiger partial charge in [-0.15, -0.1) is 11.3 Å². The van der Waals surface area contributed by atoms with Crippen LogP contribution in [-0.2, 0) is 6.54 Å². The van der Waals surface area contributed by atoms with Crippen molar-refractivity contribution in [2.75, 3.05) is 0 Å². The van der Waals surface area contributed by atoms with Crippen molar-refractivity contribution < 1.29 is 9.59 Å². The highest BCUT2D eigenvalue weighted by Crippen LogP contribution is 2.20. The van der Waals surface area contributed by atoms with Gasteiger partial charge in [0.1, 0.15) is 0 Å². The fourth-order valence-corrected chi connectivity index (χ4v) is 3.20. The van der Waals surface area contributed by atoms with Gasteiger partial charge in [0.15, 0.2) is 0 Å². The summed E-state index contributed by atoms with van der Waals surface area (Å²) in [6.07, 6.45) is 0. The molecule has 2 aromatic carbocycles. The number of nitriles is 1. The van der Waals surface area contributed by atoms with Crippen LogP contribution >= 0.6 is 11.3 Å². The molecule has 0 unspecified atom stereocenters. The van der Waals surface area contributed by atoms with Crippen molar-refractivity contribution in [3.8, 4) is 6.07 Å². The number of hydrogen-bond donors (Lipinski definition) is 1. The third-order valence-electron chi connectivity index (χ3n) is 3.62. The molecule has 25 heavy (non-hydrogen) atoms. The number of thiophene rings is 1. The normalized spacial score (nSPS) is 10.0. The number of hydrogen-bond acceptors (Lipinski definition) is 4. The molecule has 0 saturated heterocycles. The molecule has 4 nitrogen and oxygen atoms in total. The number of ketones is 1. The molecule has 1 aromatic heterocycles. The third kappa shape index (κ3) is 4.00. The highest BCUT2D eigenvalue weighted by molar-refractivity contribution is 7.14. The van der Waals surface area contributed by atoms with Crippen molar-refractivity contribution in [1.82, 2.24) is 5.32 Å². The summed E-state index contributed by atoms with van der Waals surface area (Å²) in [5.41, 5.74) is 1.66. The van der Waals surface area contributed by atoms with E-state index in [0.717, 1.165) is 4.88 Å². The highest BCUT2D eigenvalue weighted by Gasteiger charge is 2.12. The van der Waals surface area contributed by atoms with Crippen LogP contribution in [0.5, 0.6) is 0 Å². The van der Waals surface area contributed by atoms with Gasteiger partial charge in [-0.25, -0.2) is 0 Å². The minimum absolute atomic E-state index is 0.0183. The SMILES string of the molecule is N#Cc1ccc(C(=O)NCc2ccc(C(=O)c3ccccc3)s2)cc1. The zero-order chi connectivity index (χ0) is 17.6. The van der Waals surface area contributed by atoms with E-state index in [1.54, 1.807) is 42.5 Å². The van der Waals surface area contributed by atoms with E-state index in [-0.39, 0.29) is 11.7 Å². The Kier molecular flexibility index (Phi) is 5.03. The predicted octanol–water partition coefficient (Wildman–Crippen LogP) is 3.78. The van der Waals surface area contributed by atoms with Crippen LogP contribution in [0.4, 0.5) is 0 Å². The van der Waals surface area contributed by atoms with Gasteiger partial charge in [-0.05, 0) is 36.4 Å². The summed E-state index contributed by atoms with van der Waals surface area (Å²) in [4.78, 5) is 26.1. The third-order valence-corrected chi connectivity index (χ3v) is 4.70. The van der Waals surface area contributed by atoms with Gasteiger partial charge in [-0.1, -0.05) is 30.3 Å². The van der Waals surface area contributed by atoms with Crippen LogP contribution in [0.3, 0.4) is 0 Å². The van der Waals surface area contributed by atoms with Crippen LogP contribution in [-0.4, -0.2) is 11.7 Å². The molecule has 0 fully saturated rings. The first kappa shape index (κ1) is 16.6. The van der Waals surface area contributed by atoms with Crippen LogP contribution in [0, 0.1) is 11.3 Å². The molecule has 5 heteroatoms. The lowest BCUT2D eigenvalue weighted by Gasteiger charge is -2.03. The number of benzene rings is 2. The summed E-state index contributed by atoms with van der Waals surface area (Å²) in [5, 5.41) is 11.6. The Bertz CT molecular complexity index is 938. The number of nitrogens with zero attached hydrogens (tertiary/aromatic N) is 1. The summed E-state index contributed by atoms with van der Waals surface area (Å²) in [7, 11) is 0. The first-order valence-corrected chi connectivity index (χ1v) is 8.46. The van der Waals surface area contributed by atoms with Crippen molar-refractivity contribution in [2.45, 2.75) is 6.54 Å². The molecule has 0 saturated carbocycles. The average Bonchev–Trinajstić information content (AvgIpc) is 3.15. The Balaban J connectivity index is 1.62. The van der Waals surface area contributed by atoms with Crippen molar-refractivity contribution in [3.63, 3.8) is 0 Å². The van der Waals surface area contributed by atoms with Gasteiger partial charge in [0, 0.05) is 16.0 Å². The van der Waals surface area contributed by atoms with Gasteiger partial charge in [-0.2, -0.15) is 5.26 Å². The molecule has 3 rings (SSSR count). The second kappa shape index (κ2) is 7.56. The molecule has 0 radical (unpaired) electrons. The molecule has 1 amide bonds. The molecule has 1 heterocycles. The maximum Gasteiger partial charge on any atom is 0.251 e. The van der Waals surface area contributed by atoms with Crippen LogP contribution < -0.4 is 5.32 Å². The molecule has 122 valence electrons. The Hall–Kier alpha value is -3.23. The molecule has 1 N–H and O–H groups in total. The van der Waals surface area contributed by atoms with Gasteiger partial charge in [0.05, 0.1) is 23.1 Å². The van der Waals surface area contributed by atoms with Crippen LogP contribution in [0.25, 0.3) is 0 Å². The van der Waals surface area contributed by atoms with Crippen LogP contribution in [0.1, 0.15) is 36.0 Å². The van der Waals surface area contributed by atoms with Gasteiger partial charge >= 0.3 is 0 Å². The largest absolute Gasteiger partial charge is 0.347 e. The Morgan fingerprint density at radius 3 is 2.32 bits per heavy atom. The second-order valence-electron chi connectivity index (χ2n) is 5.33. The number of carbonyl (C=O) groups is 2. The zero-order valence-electron chi connectivity index (χ0n) is 13.2. The zero-order valence-corrected chi connectivity index (χ0v) is 14.0. The fraction of sp³-hybridized carbons (Fsp3) is 0.0500. The smallest absolute Gasteiger partial charge is 0.251 e. The summed E-state index contributed by atoms with van der Waals surface area (Å²) >= 11 is 1.37. The minimum atomic E-state index is -0.214. The van der Waals surface area contributed by atoms with Gasteiger partial charge in [0.25, 0.3) is 5.91 Å². The van der Waals surface area contributed by atoms with E-state index in [1.807, 2.05) is 30.3 Å². The molecule has 0 bridgehead atoms. The second-order valence-corrected chi connectivity index (χ2v) is 6.50. The molecule has 0 aliphatic carbocycles. The topological polar surface area (TPSA) is 70.0 Å². The molecular formula is C20H14N2O2S. The maximum absolute atomic E-state index is 12.4. The molecule has 0 aliphatic heterocycles. The molecule has 0 atom stereocenters. The molecule has 0 spiro atoms. The van der Waals surface area contributed by atoms with Crippen LogP contribution in [0.15, 0.2) is 66.7 Å². The lowest BCUT2D eigenvalue weighted by Crippen LogP contribution is -2.22. The number of rotatable bonds is 5. The fourth-order valence-electron chi connectivity index (χ4n) is 2.29. The van der Waals surface area contributed by atoms with Gasteiger partial charge in [0.2, 0.25) is 5.78 Å². The summed E-state index contributed by atoms with van der Waals surface area (Å²) in [6.45, 7) is 0.353. The Morgan fingerprint density at radius 2 is 1.64 bits per heavy atom. The number of carbonyl (C=O) groups excluding carboxylic acids is 2. The van der Waals surface area contributed by atoms with E-state index >= 15 is 0 Å². The van der Waals surface area contributed by atoms with E-state index in [4.69, 9.17) is 5.26 Å². The van der Waals surface area contributed by atoms with Crippen molar-refractivity contribution in [1.29, 1.82) is 5.26 Å². The van der Waals surface area contributed by atoms with E-state index < -0.39 is 0 Å². The van der Waals surface area contributed by atoms with Crippen molar-refractivity contribution >= 4 is 23.0 Å². The van der Waals surface area contributed by atoms with E-state index in [1.165, 1.54) is 11.3 Å². The Morgan fingerprint density at radius 1 is 0.920 bits per heavy atom. The summed E-state index contributed by atoms with van der Waals surface area (Å²) in [6, 6.07) is 21.2. The van der Waals surface area contributed by atoms with E-state index in [9.17, 15) is 9.59 Å². The highest BCUT2D eigenvalue weighted by atomic mass is 32.1. The lowest BCUT2D eigenvalue weighted by molar-refractivity contribution is 0.0950. The predicted molar refractivity (Wildman–Crippen MR) is 96.5 cm³/mol. The van der Waals surface area contributed by atoms with Crippen molar-refractivity contribution in [3.05, 3.63) is 93.2 Å². The number of nitrogens with one attached hydrogen (secondary N) is 1.